The Morgan fingerprint density at radius 3 is 2.83 bits per heavy atom. The first-order valence-corrected chi connectivity index (χ1v) is 6.20. The summed E-state index contributed by atoms with van der Waals surface area (Å²) in [5.74, 6) is 0.530. The lowest BCUT2D eigenvalue weighted by Gasteiger charge is -2.15. The van der Waals surface area contributed by atoms with Crippen molar-refractivity contribution in [1.82, 2.24) is 14.9 Å². The maximum absolute atomic E-state index is 11.3. The normalized spacial score (nSPS) is 12.1. The van der Waals surface area contributed by atoms with Gasteiger partial charge in [0.05, 0.1) is 6.04 Å². The Kier molecular flexibility index (Phi) is 3.99. The Morgan fingerprint density at radius 1 is 1.44 bits per heavy atom. The van der Waals surface area contributed by atoms with Crippen molar-refractivity contribution in [2.45, 2.75) is 13.0 Å². The van der Waals surface area contributed by atoms with Crippen molar-refractivity contribution in [2.75, 3.05) is 5.88 Å². The number of aromatic nitrogens is 2. The molecule has 94 valence electrons. The highest BCUT2D eigenvalue weighted by Crippen LogP contribution is 2.16. The van der Waals surface area contributed by atoms with E-state index in [4.69, 9.17) is 11.6 Å². The molecule has 1 heterocycles. The Balaban J connectivity index is 2.25. The summed E-state index contributed by atoms with van der Waals surface area (Å²) in [7, 11) is 0. The van der Waals surface area contributed by atoms with Crippen LogP contribution >= 0.6 is 11.6 Å². The number of benzene rings is 1. The zero-order valence-electron chi connectivity index (χ0n) is 10.0. The van der Waals surface area contributed by atoms with Crippen LogP contribution in [0.25, 0.3) is 5.69 Å². The van der Waals surface area contributed by atoms with Crippen molar-refractivity contribution in [3.63, 3.8) is 0 Å². The van der Waals surface area contributed by atoms with Crippen LogP contribution in [0.2, 0.25) is 0 Å². The van der Waals surface area contributed by atoms with Crippen molar-refractivity contribution < 1.29 is 4.79 Å². The van der Waals surface area contributed by atoms with Crippen LogP contribution in [0.3, 0.4) is 0 Å². The second kappa shape index (κ2) is 5.69. The Labute approximate surface area is 111 Å². The number of nitrogens with zero attached hydrogens (tertiary/aromatic N) is 2. The van der Waals surface area contributed by atoms with Gasteiger partial charge in [-0.3, -0.25) is 4.79 Å². The van der Waals surface area contributed by atoms with Crippen LogP contribution in [0, 0.1) is 0 Å². The van der Waals surface area contributed by atoms with Crippen molar-refractivity contribution >= 4 is 17.5 Å². The minimum Gasteiger partial charge on any atom is -0.345 e. The molecule has 5 heteroatoms. The number of hydrogen-bond donors (Lipinski definition) is 1. The fraction of sp³-hybridized carbons (Fsp3) is 0.231. The number of imidazole rings is 1. The third-order valence-electron chi connectivity index (χ3n) is 2.59. The molecule has 2 aromatic rings. The first kappa shape index (κ1) is 12.6. The molecule has 0 saturated heterocycles. The lowest BCUT2D eigenvalue weighted by molar-refractivity contribution is -0.119. The van der Waals surface area contributed by atoms with E-state index in [0.717, 1.165) is 11.5 Å². The summed E-state index contributed by atoms with van der Waals surface area (Å²) in [6.45, 7) is 1.88. The number of carbonyl (C=O) groups is 1. The van der Waals surface area contributed by atoms with Gasteiger partial charge in [0, 0.05) is 18.1 Å². The molecule has 4 nitrogen and oxygen atoms in total. The number of carbonyl (C=O) groups excluding carboxylic acids is 1. The average Bonchev–Trinajstić information content (AvgIpc) is 2.88. The van der Waals surface area contributed by atoms with E-state index in [2.05, 4.69) is 10.3 Å². The zero-order valence-corrected chi connectivity index (χ0v) is 10.8. The van der Waals surface area contributed by atoms with Gasteiger partial charge in [0.15, 0.2) is 0 Å². The van der Waals surface area contributed by atoms with Crippen LogP contribution in [0.5, 0.6) is 0 Å². The average molecular weight is 264 g/mol. The molecule has 1 amide bonds. The molecule has 1 aromatic carbocycles. The summed E-state index contributed by atoms with van der Waals surface area (Å²) in [6, 6.07) is 9.66. The highest BCUT2D eigenvalue weighted by atomic mass is 35.5. The summed E-state index contributed by atoms with van der Waals surface area (Å²) in [5.41, 5.74) is 1.01. The van der Waals surface area contributed by atoms with Gasteiger partial charge in [0.1, 0.15) is 11.7 Å². The second-order valence-electron chi connectivity index (χ2n) is 3.91. The topological polar surface area (TPSA) is 46.9 Å². The van der Waals surface area contributed by atoms with Crippen LogP contribution < -0.4 is 5.32 Å². The molecule has 1 atom stereocenters. The summed E-state index contributed by atoms with van der Waals surface area (Å²) < 4.78 is 1.94. The van der Waals surface area contributed by atoms with Crippen LogP contribution in [0.15, 0.2) is 42.7 Å². The van der Waals surface area contributed by atoms with Crippen molar-refractivity contribution in [3.8, 4) is 5.69 Å². The SMILES string of the molecule is CC(NC(=O)CCl)c1nccn1-c1ccccc1. The molecule has 0 bridgehead atoms. The second-order valence-corrected chi connectivity index (χ2v) is 4.18. The van der Waals surface area contributed by atoms with Crippen LogP contribution in [-0.2, 0) is 4.79 Å². The summed E-state index contributed by atoms with van der Waals surface area (Å²) in [4.78, 5) is 15.6. The monoisotopic (exact) mass is 263 g/mol. The highest BCUT2D eigenvalue weighted by Gasteiger charge is 2.14. The van der Waals surface area contributed by atoms with Crippen molar-refractivity contribution in [1.29, 1.82) is 0 Å². The molecule has 2 rings (SSSR count). The predicted octanol–water partition coefficient (Wildman–Crippen LogP) is 2.29. The third-order valence-corrected chi connectivity index (χ3v) is 2.83. The van der Waals surface area contributed by atoms with Crippen LogP contribution in [-0.4, -0.2) is 21.3 Å². The lowest BCUT2D eigenvalue weighted by Crippen LogP contribution is -2.29. The highest BCUT2D eigenvalue weighted by molar-refractivity contribution is 6.27. The number of nitrogens with one attached hydrogen (secondary N) is 1. The van der Waals surface area contributed by atoms with Gasteiger partial charge in [0.25, 0.3) is 0 Å². The molecule has 0 fully saturated rings. The molecule has 18 heavy (non-hydrogen) atoms. The third kappa shape index (κ3) is 2.71. The standard InChI is InChI=1S/C13H14ClN3O/c1-10(16-12(18)9-14)13-15-7-8-17(13)11-5-3-2-4-6-11/h2-8,10H,9H2,1H3,(H,16,18). The molecular weight excluding hydrogens is 250 g/mol. The van der Waals surface area contributed by atoms with Crippen LogP contribution in [0.4, 0.5) is 0 Å². The molecule has 0 aliphatic rings. The van der Waals surface area contributed by atoms with Gasteiger partial charge in [0.2, 0.25) is 5.91 Å². The van der Waals surface area contributed by atoms with E-state index in [0.29, 0.717) is 0 Å². The van der Waals surface area contributed by atoms with Crippen molar-refractivity contribution in [2.24, 2.45) is 0 Å². The predicted molar refractivity (Wildman–Crippen MR) is 70.8 cm³/mol. The van der Waals surface area contributed by atoms with E-state index in [1.165, 1.54) is 0 Å². The molecule has 0 spiro atoms. The molecule has 0 radical (unpaired) electrons. The molecule has 1 aromatic heterocycles. The molecule has 1 N–H and O–H groups in total. The summed E-state index contributed by atoms with van der Waals surface area (Å²) >= 11 is 5.48. The fourth-order valence-corrected chi connectivity index (χ4v) is 1.86. The Bertz CT molecular complexity index is 524. The first-order valence-electron chi connectivity index (χ1n) is 5.66. The van der Waals surface area contributed by atoms with Gasteiger partial charge in [-0.05, 0) is 19.1 Å². The van der Waals surface area contributed by atoms with E-state index in [9.17, 15) is 4.79 Å². The number of halogens is 1. The number of amides is 1. The first-order chi connectivity index (χ1) is 8.72. The van der Waals surface area contributed by atoms with E-state index < -0.39 is 0 Å². The molecule has 0 aliphatic heterocycles. The van der Waals surface area contributed by atoms with E-state index in [1.807, 2.05) is 48.0 Å². The van der Waals surface area contributed by atoms with E-state index in [1.54, 1.807) is 6.20 Å². The smallest absolute Gasteiger partial charge is 0.235 e. The zero-order chi connectivity index (χ0) is 13.0. The Hall–Kier alpha value is -1.81. The Morgan fingerprint density at radius 2 is 2.17 bits per heavy atom. The molecular formula is C13H14ClN3O. The summed E-state index contributed by atoms with van der Waals surface area (Å²) in [6.07, 6.45) is 3.58. The quantitative estimate of drug-likeness (QED) is 0.861. The van der Waals surface area contributed by atoms with Crippen LogP contribution in [0.1, 0.15) is 18.8 Å². The number of alkyl halides is 1. The van der Waals surface area contributed by atoms with Gasteiger partial charge < -0.3 is 9.88 Å². The molecule has 0 saturated carbocycles. The van der Waals surface area contributed by atoms with Crippen molar-refractivity contribution in [3.05, 3.63) is 48.5 Å². The number of rotatable bonds is 4. The minimum atomic E-state index is -0.202. The van der Waals surface area contributed by atoms with Gasteiger partial charge in [-0.1, -0.05) is 18.2 Å². The maximum atomic E-state index is 11.3. The van der Waals surface area contributed by atoms with E-state index in [-0.39, 0.29) is 17.8 Å². The lowest BCUT2D eigenvalue weighted by atomic mass is 10.2. The van der Waals surface area contributed by atoms with Gasteiger partial charge in [-0.15, -0.1) is 11.6 Å². The van der Waals surface area contributed by atoms with Gasteiger partial charge >= 0.3 is 0 Å². The number of para-hydroxylation sites is 1. The molecule has 0 aliphatic carbocycles. The number of hydrogen-bond acceptors (Lipinski definition) is 2. The largest absolute Gasteiger partial charge is 0.345 e. The van der Waals surface area contributed by atoms with Gasteiger partial charge in [-0.2, -0.15) is 0 Å². The minimum absolute atomic E-state index is 0.0453. The maximum Gasteiger partial charge on any atom is 0.235 e. The summed E-state index contributed by atoms with van der Waals surface area (Å²) in [5, 5.41) is 2.79. The van der Waals surface area contributed by atoms with Gasteiger partial charge in [-0.25, -0.2) is 4.98 Å². The fourth-order valence-electron chi connectivity index (χ4n) is 1.79. The van der Waals surface area contributed by atoms with E-state index >= 15 is 0 Å². The molecule has 1 unspecified atom stereocenters.